The van der Waals surface area contributed by atoms with Gasteiger partial charge in [-0.1, -0.05) is 31.2 Å². The van der Waals surface area contributed by atoms with Crippen LogP contribution in [0.4, 0.5) is 0 Å². The molecule has 5 aliphatic carbocycles. The zero-order valence-electron chi connectivity index (χ0n) is 22.3. The Morgan fingerprint density at radius 3 is 2.18 bits per heavy atom. The second-order valence-corrected chi connectivity index (χ2v) is 10.9. The Kier molecular flexibility index (Phi) is 5.57. The highest BCUT2D eigenvalue weighted by atomic mass is 16.5. The van der Waals surface area contributed by atoms with Gasteiger partial charge in [0.25, 0.3) is 0 Å². The van der Waals surface area contributed by atoms with Crippen molar-refractivity contribution in [2.45, 2.75) is 40.5 Å². The van der Waals surface area contributed by atoms with Crippen LogP contribution in [0.1, 0.15) is 40.5 Å². The highest BCUT2D eigenvalue weighted by molar-refractivity contribution is 6.32. The molecule has 0 bridgehead atoms. The van der Waals surface area contributed by atoms with Crippen molar-refractivity contribution < 1.29 is 38.2 Å². The number of hydrogen-bond donors (Lipinski definition) is 0. The van der Waals surface area contributed by atoms with E-state index in [1.807, 2.05) is 0 Å². The first-order valence-electron chi connectivity index (χ1n) is 12.7. The van der Waals surface area contributed by atoms with Gasteiger partial charge < -0.3 is 9.47 Å². The maximum absolute atomic E-state index is 14.7. The molecule has 0 N–H and O–H groups in total. The molecule has 2 spiro atoms. The van der Waals surface area contributed by atoms with Crippen LogP contribution in [-0.4, -0.2) is 48.9 Å². The maximum Gasteiger partial charge on any atom is 0.206 e. The van der Waals surface area contributed by atoms with Crippen molar-refractivity contribution in [2.75, 3.05) is 14.2 Å². The third-order valence-electron chi connectivity index (χ3n) is 9.73. The molecule has 8 heteroatoms. The summed E-state index contributed by atoms with van der Waals surface area (Å²) in [5.74, 6) is -7.36. The van der Waals surface area contributed by atoms with Crippen molar-refractivity contribution in [3.05, 3.63) is 58.6 Å². The van der Waals surface area contributed by atoms with Crippen LogP contribution in [0.5, 0.6) is 0 Å². The average molecular weight is 519 g/mol. The second-order valence-electron chi connectivity index (χ2n) is 10.9. The van der Waals surface area contributed by atoms with Crippen molar-refractivity contribution in [3.8, 4) is 0 Å². The van der Waals surface area contributed by atoms with Crippen LogP contribution in [0.15, 0.2) is 58.6 Å². The van der Waals surface area contributed by atoms with Crippen LogP contribution in [0.3, 0.4) is 0 Å². The number of allylic oxidation sites excluding steroid dienone is 10. The summed E-state index contributed by atoms with van der Waals surface area (Å²) < 4.78 is 10.9. The molecule has 0 aromatic rings. The number of ether oxygens (including phenoxy) is 2. The van der Waals surface area contributed by atoms with Crippen LogP contribution in [-0.2, 0) is 38.2 Å². The molecule has 0 aliphatic heterocycles. The predicted molar refractivity (Wildman–Crippen MR) is 134 cm³/mol. The van der Waals surface area contributed by atoms with E-state index in [0.717, 1.165) is 0 Å². The molecule has 38 heavy (non-hydrogen) atoms. The molecule has 5 aliphatic rings. The largest absolute Gasteiger partial charge is 0.493 e. The van der Waals surface area contributed by atoms with E-state index in [2.05, 4.69) is 0 Å². The predicted octanol–water partition coefficient (Wildman–Crippen LogP) is 2.98. The molecular formula is C30H30O8. The van der Waals surface area contributed by atoms with Crippen molar-refractivity contribution in [1.82, 2.24) is 0 Å². The summed E-state index contributed by atoms with van der Waals surface area (Å²) in [6.45, 7) is 6.38. The topological polar surface area (TPSA) is 121 Å². The van der Waals surface area contributed by atoms with Gasteiger partial charge >= 0.3 is 0 Å². The first kappa shape index (κ1) is 25.9. The minimum atomic E-state index is -2.02. The monoisotopic (exact) mass is 518 g/mol. The Balaban J connectivity index is 2.02. The molecule has 6 atom stereocenters. The van der Waals surface area contributed by atoms with Gasteiger partial charge in [-0.25, -0.2) is 0 Å². The number of hydrogen-bond acceptors (Lipinski definition) is 8. The van der Waals surface area contributed by atoms with E-state index in [0.29, 0.717) is 0 Å². The third kappa shape index (κ3) is 2.38. The molecular weight excluding hydrogens is 488 g/mol. The summed E-state index contributed by atoms with van der Waals surface area (Å²) in [5.41, 5.74) is -5.81. The Hall–Kier alpha value is -3.68. The first-order valence-corrected chi connectivity index (χ1v) is 12.7. The molecule has 2 fully saturated rings. The van der Waals surface area contributed by atoms with Crippen molar-refractivity contribution in [1.29, 1.82) is 0 Å². The van der Waals surface area contributed by atoms with Gasteiger partial charge in [0.1, 0.15) is 0 Å². The smallest absolute Gasteiger partial charge is 0.206 e. The van der Waals surface area contributed by atoms with E-state index in [9.17, 15) is 28.8 Å². The zero-order chi connectivity index (χ0) is 27.9. The molecule has 0 unspecified atom stereocenters. The highest BCUT2D eigenvalue weighted by Crippen LogP contribution is 2.83. The number of ketones is 6. The summed E-state index contributed by atoms with van der Waals surface area (Å²) in [6, 6.07) is 0. The standard InChI is InChI=1S/C30H30O8/c1-7-8-9-10-18(31)20-21-22(33)15(3)23(37-5)26(35)28(21)13-19(32)17-12-11-14(2)29(20)27(36)24(38-6)16(4)25(34)30(17,28)29/h7-10,12,14,20-21H,11,13H2,1-6H3/b8-7+,10-9+/t14-,20-,21+,28+,29-,30+/m0/s1. The van der Waals surface area contributed by atoms with Crippen molar-refractivity contribution in [2.24, 2.45) is 34.0 Å². The van der Waals surface area contributed by atoms with E-state index in [1.54, 1.807) is 32.1 Å². The number of Topliss-reactive ketones (excluding diaryl/α,β-unsaturated/α-hetero) is 5. The summed E-state index contributed by atoms with van der Waals surface area (Å²) in [6.07, 6.45) is 7.53. The molecule has 2 saturated carbocycles. The van der Waals surface area contributed by atoms with Crippen LogP contribution in [0, 0.1) is 34.0 Å². The van der Waals surface area contributed by atoms with E-state index in [1.165, 1.54) is 40.2 Å². The minimum Gasteiger partial charge on any atom is -0.493 e. The fourth-order valence-electron chi connectivity index (χ4n) is 8.59. The van der Waals surface area contributed by atoms with E-state index in [-0.39, 0.29) is 34.7 Å². The normalized spacial score (nSPS) is 38.2. The first-order chi connectivity index (χ1) is 18.0. The van der Waals surface area contributed by atoms with Gasteiger partial charge in [-0.15, -0.1) is 0 Å². The zero-order valence-corrected chi connectivity index (χ0v) is 22.3. The molecule has 0 radical (unpaired) electrons. The van der Waals surface area contributed by atoms with Crippen molar-refractivity contribution in [3.63, 3.8) is 0 Å². The van der Waals surface area contributed by atoms with Crippen LogP contribution in [0.25, 0.3) is 0 Å². The highest BCUT2D eigenvalue weighted by Gasteiger charge is 2.92. The van der Waals surface area contributed by atoms with Gasteiger partial charge in [-0.3, -0.25) is 28.8 Å². The SMILES string of the molecule is C/C=C/C=C/C(=O)[C@H]1[C@@H]2C(=O)C(C)=C(OC)C(=O)[C@@]23CC(=O)C2=CC[C@H](C)[C@@]14C(=O)C(OC)=C(C)C(=O)[C@@]243. The van der Waals surface area contributed by atoms with Gasteiger partial charge in [0.05, 0.1) is 30.5 Å². The molecule has 0 aromatic carbocycles. The lowest BCUT2D eigenvalue weighted by atomic mass is 9.41. The Labute approximate surface area is 220 Å². The second kappa shape index (κ2) is 8.16. The summed E-state index contributed by atoms with van der Waals surface area (Å²) in [4.78, 5) is 86.0. The number of methoxy groups -OCH3 is 2. The lowest BCUT2D eigenvalue weighted by Crippen LogP contribution is -2.66. The Morgan fingerprint density at radius 1 is 0.947 bits per heavy atom. The molecule has 0 aromatic heterocycles. The number of carbonyl (C=O) groups excluding carboxylic acids is 6. The molecule has 8 nitrogen and oxygen atoms in total. The molecule has 5 rings (SSSR count). The van der Waals surface area contributed by atoms with Gasteiger partial charge in [-0.05, 0) is 39.2 Å². The molecule has 0 heterocycles. The van der Waals surface area contributed by atoms with Crippen LogP contribution >= 0.6 is 0 Å². The van der Waals surface area contributed by atoms with Gasteiger partial charge in [0.15, 0.2) is 34.7 Å². The Morgan fingerprint density at radius 2 is 1.58 bits per heavy atom. The lowest BCUT2D eigenvalue weighted by molar-refractivity contribution is -0.164. The number of rotatable bonds is 5. The van der Waals surface area contributed by atoms with Gasteiger partial charge in [0.2, 0.25) is 11.6 Å². The van der Waals surface area contributed by atoms with E-state index in [4.69, 9.17) is 9.47 Å². The molecule has 0 saturated heterocycles. The quantitative estimate of drug-likeness (QED) is 0.402. The summed E-state index contributed by atoms with van der Waals surface area (Å²) >= 11 is 0. The third-order valence-corrected chi connectivity index (χ3v) is 9.73. The minimum absolute atomic E-state index is 0.0145. The van der Waals surface area contributed by atoms with Gasteiger partial charge in [0, 0.05) is 35.0 Å². The fourth-order valence-corrected chi connectivity index (χ4v) is 8.59. The Bertz CT molecular complexity index is 1420. The van der Waals surface area contributed by atoms with Crippen LogP contribution < -0.4 is 0 Å². The average Bonchev–Trinajstić information content (AvgIpc) is 3.30. The summed E-state index contributed by atoms with van der Waals surface area (Å²) in [5, 5.41) is 0. The van der Waals surface area contributed by atoms with E-state index >= 15 is 0 Å². The molecule has 198 valence electrons. The van der Waals surface area contributed by atoms with Crippen LogP contribution in [0.2, 0.25) is 0 Å². The van der Waals surface area contributed by atoms with E-state index < -0.39 is 75.1 Å². The number of carbonyl (C=O) groups is 6. The molecule has 0 amide bonds. The van der Waals surface area contributed by atoms with Crippen molar-refractivity contribution >= 4 is 34.7 Å². The lowest BCUT2D eigenvalue weighted by Gasteiger charge is -2.56. The maximum atomic E-state index is 14.7. The van der Waals surface area contributed by atoms with Gasteiger partial charge in [-0.2, -0.15) is 0 Å². The fraction of sp³-hybridized carbons (Fsp3) is 0.467. The summed E-state index contributed by atoms with van der Waals surface area (Å²) in [7, 11) is 2.52.